The van der Waals surface area contributed by atoms with Gasteiger partial charge in [0.25, 0.3) is 0 Å². The van der Waals surface area contributed by atoms with Crippen molar-refractivity contribution in [1.29, 1.82) is 0 Å². The molecule has 13 heavy (non-hydrogen) atoms. The van der Waals surface area contributed by atoms with E-state index in [1.807, 2.05) is 0 Å². The van der Waals surface area contributed by atoms with Gasteiger partial charge in [-0.15, -0.1) is 0 Å². The third-order valence-corrected chi connectivity index (χ3v) is 0.850. The summed E-state index contributed by atoms with van der Waals surface area (Å²) < 4.78 is 58.9. The zero-order valence-corrected chi connectivity index (χ0v) is 8.14. The van der Waals surface area contributed by atoms with Crippen molar-refractivity contribution >= 4 is 10.1 Å². The molecule has 0 aromatic carbocycles. The van der Waals surface area contributed by atoms with E-state index in [-0.39, 0.29) is 25.8 Å². The number of hydrogen-bond acceptors (Lipinski definition) is 6. The van der Waals surface area contributed by atoms with Crippen molar-refractivity contribution in [2.24, 2.45) is 0 Å². The van der Waals surface area contributed by atoms with Crippen LogP contribution in [-0.2, 0) is 36.0 Å². The van der Waals surface area contributed by atoms with Crippen LogP contribution in [0.4, 0.5) is 13.2 Å². The van der Waals surface area contributed by atoms with Gasteiger partial charge < -0.3 is 19.9 Å². The summed E-state index contributed by atoms with van der Waals surface area (Å²) in [6, 6.07) is 0. The zero-order chi connectivity index (χ0) is 10.6. The van der Waals surface area contributed by atoms with Crippen molar-refractivity contribution in [3.63, 3.8) is 0 Å². The smallest absolute Gasteiger partial charge is 0.741 e. The molecule has 0 aliphatic rings. The average molecular weight is 256 g/mol. The Morgan fingerprint density at radius 1 is 1.15 bits per heavy atom. The zero-order valence-electron chi connectivity index (χ0n) is 5.52. The minimum atomic E-state index is -6.09. The normalized spacial score (nSPS) is 10.5. The van der Waals surface area contributed by atoms with Gasteiger partial charge in [0.2, 0.25) is 0 Å². The van der Waals surface area contributed by atoms with Crippen LogP contribution in [0.5, 0.6) is 0 Å². The van der Waals surface area contributed by atoms with E-state index in [4.69, 9.17) is 28.3 Å². The van der Waals surface area contributed by atoms with Gasteiger partial charge in [0, 0.05) is 0 Å². The predicted molar refractivity (Wildman–Crippen MR) is 26.1 cm³/mol. The minimum absolute atomic E-state index is 0. The Bertz CT molecular complexity index is 241. The Morgan fingerprint density at radius 3 is 1.23 bits per heavy atom. The van der Waals surface area contributed by atoms with Gasteiger partial charge in [-0.05, 0) is 0 Å². The van der Waals surface area contributed by atoms with E-state index in [2.05, 4.69) is 0 Å². The molecular weight excluding hydrogens is 256 g/mol. The maximum absolute atomic E-state index is 10.7. The van der Waals surface area contributed by atoms with Gasteiger partial charge in [-0.3, -0.25) is 0 Å². The third kappa shape index (κ3) is 14.6. The molecule has 7 nitrogen and oxygen atoms in total. The molecular formula is CF3NO6SSc+. The van der Waals surface area contributed by atoms with E-state index in [1.165, 1.54) is 0 Å². The van der Waals surface area contributed by atoms with Crippen molar-refractivity contribution in [3.05, 3.63) is 15.3 Å². The molecule has 0 atom stereocenters. The molecule has 0 aromatic heterocycles. The fourth-order valence-corrected chi connectivity index (χ4v) is 0. The number of halogens is 3. The van der Waals surface area contributed by atoms with Crippen molar-refractivity contribution in [3.8, 4) is 0 Å². The number of rotatable bonds is 0. The van der Waals surface area contributed by atoms with Gasteiger partial charge in [-0.1, -0.05) is 0 Å². The quantitative estimate of drug-likeness (QED) is 0.256. The summed E-state index contributed by atoms with van der Waals surface area (Å²) in [6.45, 7) is 0. The SMILES string of the molecule is O=S(=O)([O-])C(F)(F)F.O=[N+]([O-])[O-].[Sc+3]. The second-order valence-electron chi connectivity index (χ2n) is 1.12. The molecule has 0 spiro atoms. The molecule has 0 aromatic rings. The molecule has 0 unspecified atom stereocenters. The molecule has 74 valence electrons. The number of nitrogens with zero attached hydrogens (tertiary/aromatic N) is 1. The first-order valence-electron chi connectivity index (χ1n) is 1.82. The first kappa shape index (κ1) is 18.5. The molecule has 0 fully saturated rings. The molecule has 0 rings (SSSR count). The average Bonchev–Trinajstić information content (AvgIpc) is 1.55. The summed E-state index contributed by atoms with van der Waals surface area (Å²) in [7, 11) is -6.09. The van der Waals surface area contributed by atoms with E-state index in [0.717, 1.165) is 0 Å². The molecule has 0 aliphatic carbocycles. The van der Waals surface area contributed by atoms with Gasteiger partial charge >= 0.3 is 31.4 Å². The number of hydrogen-bond donors (Lipinski definition) is 0. The maximum Gasteiger partial charge on any atom is 3.00 e. The van der Waals surface area contributed by atoms with E-state index >= 15 is 0 Å². The van der Waals surface area contributed by atoms with Gasteiger partial charge in [0.05, 0.1) is 5.09 Å². The molecule has 12 heteroatoms. The van der Waals surface area contributed by atoms with Crippen LogP contribution in [0, 0.1) is 15.3 Å². The fraction of sp³-hybridized carbons (Fsp3) is 1.00. The van der Waals surface area contributed by atoms with Crippen LogP contribution in [0.25, 0.3) is 0 Å². The summed E-state index contributed by atoms with van der Waals surface area (Å²) in [5.41, 5.74) is -5.65. The minimum Gasteiger partial charge on any atom is -0.741 e. The van der Waals surface area contributed by atoms with Gasteiger partial charge in [-0.2, -0.15) is 13.2 Å². The molecule has 0 N–H and O–H groups in total. The molecule has 0 heterocycles. The first-order chi connectivity index (χ1) is 4.98. The standard InChI is InChI=1S/CHF3O3S.NO3.Sc/c2-1(3,4)8(5,6)7;2-1(3)4;/h(H,5,6,7);;/q;-1;+3/p-1. The van der Waals surface area contributed by atoms with Crippen LogP contribution in [0.1, 0.15) is 0 Å². The third-order valence-electron chi connectivity index (χ3n) is 0.283. The van der Waals surface area contributed by atoms with Crippen LogP contribution in [0.15, 0.2) is 0 Å². The largest absolute Gasteiger partial charge is 3.00 e. The van der Waals surface area contributed by atoms with Gasteiger partial charge in [-0.25, -0.2) is 8.42 Å². The number of alkyl halides is 3. The van der Waals surface area contributed by atoms with E-state index < -0.39 is 20.7 Å². The van der Waals surface area contributed by atoms with Gasteiger partial charge in [0.1, 0.15) is 0 Å². The van der Waals surface area contributed by atoms with Crippen molar-refractivity contribution < 1.29 is 57.1 Å². The fourth-order valence-electron chi connectivity index (χ4n) is 0. The predicted octanol–water partition coefficient (Wildman–Crippen LogP) is -0.190. The summed E-state index contributed by atoms with van der Waals surface area (Å²) in [5.74, 6) is 0. The summed E-state index contributed by atoms with van der Waals surface area (Å²) in [6.07, 6.45) is 0. The van der Waals surface area contributed by atoms with Crippen molar-refractivity contribution in [2.45, 2.75) is 5.51 Å². The topological polar surface area (TPSA) is 123 Å². The summed E-state index contributed by atoms with van der Waals surface area (Å²) in [4.78, 5) is 8.25. The second-order valence-corrected chi connectivity index (χ2v) is 2.49. The van der Waals surface area contributed by atoms with Crippen LogP contribution in [-0.4, -0.2) is 23.6 Å². The Hall–Kier alpha value is -0.230. The van der Waals surface area contributed by atoms with E-state index in [0.29, 0.717) is 0 Å². The van der Waals surface area contributed by atoms with Crippen LogP contribution >= 0.6 is 0 Å². The first-order valence-corrected chi connectivity index (χ1v) is 3.23. The molecule has 0 amide bonds. The van der Waals surface area contributed by atoms with Crippen molar-refractivity contribution in [2.75, 3.05) is 0 Å². The van der Waals surface area contributed by atoms with Crippen molar-refractivity contribution in [1.82, 2.24) is 0 Å². The molecule has 0 radical (unpaired) electrons. The Labute approximate surface area is 88.2 Å². The summed E-state index contributed by atoms with van der Waals surface area (Å²) >= 11 is 0. The van der Waals surface area contributed by atoms with Gasteiger partial charge in [0.15, 0.2) is 10.1 Å². The Balaban J connectivity index is -0.000000173. The second kappa shape index (κ2) is 6.26. The van der Waals surface area contributed by atoms with Crippen LogP contribution in [0.2, 0.25) is 0 Å². The van der Waals surface area contributed by atoms with Crippen LogP contribution in [0.3, 0.4) is 0 Å². The molecule has 0 saturated carbocycles. The Kier molecular flexibility index (Phi) is 8.92. The summed E-state index contributed by atoms with van der Waals surface area (Å²) in [5, 5.41) is 14.8. The molecule has 0 saturated heterocycles. The molecule has 0 bridgehead atoms. The molecule has 0 aliphatic heterocycles. The van der Waals surface area contributed by atoms with Crippen LogP contribution < -0.4 is 0 Å². The monoisotopic (exact) mass is 256 g/mol. The Morgan fingerprint density at radius 2 is 1.23 bits per heavy atom. The van der Waals surface area contributed by atoms with E-state index in [1.54, 1.807) is 0 Å². The van der Waals surface area contributed by atoms with E-state index in [9.17, 15) is 13.2 Å². The maximum atomic E-state index is 10.7.